The molecular formula is C25H24O6. The summed E-state index contributed by atoms with van der Waals surface area (Å²) in [6.07, 6.45) is 5.56. The van der Waals surface area contributed by atoms with Crippen LogP contribution in [0, 0.1) is 5.92 Å². The van der Waals surface area contributed by atoms with Gasteiger partial charge in [0, 0.05) is 18.6 Å². The van der Waals surface area contributed by atoms with E-state index in [-0.39, 0.29) is 29.7 Å². The van der Waals surface area contributed by atoms with Crippen LogP contribution in [-0.2, 0) is 19.1 Å². The molecule has 1 fully saturated rings. The zero-order valence-corrected chi connectivity index (χ0v) is 17.2. The van der Waals surface area contributed by atoms with Gasteiger partial charge in [0.25, 0.3) is 0 Å². The van der Waals surface area contributed by atoms with E-state index in [2.05, 4.69) is 0 Å². The SMILES string of the molecule is COc1cccc(OC2=COC3CC(OC(=O)/C=C/c4ccccc4)CCC3C2=O)c1. The minimum atomic E-state index is -0.396. The van der Waals surface area contributed by atoms with Crippen molar-refractivity contribution in [3.8, 4) is 11.5 Å². The molecule has 4 rings (SSSR count). The van der Waals surface area contributed by atoms with E-state index in [1.165, 1.54) is 12.3 Å². The highest BCUT2D eigenvalue weighted by atomic mass is 16.5. The van der Waals surface area contributed by atoms with E-state index in [0.717, 1.165) is 5.56 Å². The van der Waals surface area contributed by atoms with Gasteiger partial charge < -0.3 is 18.9 Å². The van der Waals surface area contributed by atoms with Crippen LogP contribution < -0.4 is 9.47 Å². The van der Waals surface area contributed by atoms with Crippen molar-refractivity contribution in [2.45, 2.75) is 31.5 Å². The fraction of sp³-hybridized carbons (Fsp3) is 0.280. The Labute approximate surface area is 181 Å². The van der Waals surface area contributed by atoms with Gasteiger partial charge in [-0.15, -0.1) is 0 Å². The van der Waals surface area contributed by atoms with E-state index in [4.69, 9.17) is 18.9 Å². The van der Waals surface area contributed by atoms with Gasteiger partial charge in [-0.1, -0.05) is 36.4 Å². The van der Waals surface area contributed by atoms with Crippen LogP contribution in [0.2, 0.25) is 0 Å². The summed E-state index contributed by atoms with van der Waals surface area (Å²) in [5.41, 5.74) is 0.929. The smallest absolute Gasteiger partial charge is 0.331 e. The fourth-order valence-corrected chi connectivity index (χ4v) is 3.84. The predicted octanol–water partition coefficient (Wildman–Crippen LogP) is 4.31. The van der Waals surface area contributed by atoms with Crippen LogP contribution in [0.15, 0.2) is 72.7 Å². The van der Waals surface area contributed by atoms with E-state index in [1.807, 2.05) is 30.3 Å². The molecule has 0 bridgehead atoms. The van der Waals surface area contributed by atoms with Gasteiger partial charge in [0.2, 0.25) is 11.5 Å². The third kappa shape index (κ3) is 5.15. The quantitative estimate of drug-likeness (QED) is 0.512. The van der Waals surface area contributed by atoms with E-state index in [0.29, 0.717) is 30.8 Å². The lowest BCUT2D eigenvalue weighted by Gasteiger charge is -2.36. The van der Waals surface area contributed by atoms with Crippen molar-refractivity contribution in [2.24, 2.45) is 5.92 Å². The van der Waals surface area contributed by atoms with Crippen molar-refractivity contribution in [3.63, 3.8) is 0 Å². The third-order valence-corrected chi connectivity index (χ3v) is 5.44. The summed E-state index contributed by atoms with van der Waals surface area (Å²) in [5.74, 6) is 0.536. The van der Waals surface area contributed by atoms with Gasteiger partial charge in [-0.05, 0) is 36.6 Å². The van der Waals surface area contributed by atoms with Crippen LogP contribution >= 0.6 is 0 Å². The molecule has 1 aliphatic heterocycles. The highest BCUT2D eigenvalue weighted by molar-refractivity contribution is 5.96. The minimum absolute atomic E-state index is 0.0900. The number of allylic oxidation sites excluding steroid dienone is 1. The first-order valence-corrected chi connectivity index (χ1v) is 10.3. The number of rotatable bonds is 6. The maximum atomic E-state index is 12.9. The first-order chi connectivity index (χ1) is 15.1. The van der Waals surface area contributed by atoms with Crippen LogP contribution in [-0.4, -0.2) is 31.1 Å². The summed E-state index contributed by atoms with van der Waals surface area (Å²) in [6.45, 7) is 0. The number of esters is 1. The Kier molecular flexibility index (Phi) is 6.36. The number of methoxy groups -OCH3 is 1. The molecule has 6 heteroatoms. The van der Waals surface area contributed by atoms with E-state index < -0.39 is 5.97 Å². The number of hydrogen-bond donors (Lipinski definition) is 0. The predicted molar refractivity (Wildman–Crippen MR) is 114 cm³/mol. The van der Waals surface area contributed by atoms with Crippen LogP contribution in [0.4, 0.5) is 0 Å². The van der Waals surface area contributed by atoms with Gasteiger partial charge in [0.05, 0.1) is 13.0 Å². The molecule has 160 valence electrons. The maximum absolute atomic E-state index is 12.9. The average molecular weight is 420 g/mol. The molecule has 2 aliphatic rings. The van der Waals surface area contributed by atoms with Crippen molar-refractivity contribution < 1.29 is 28.5 Å². The van der Waals surface area contributed by atoms with Crippen molar-refractivity contribution in [3.05, 3.63) is 78.3 Å². The van der Waals surface area contributed by atoms with Crippen LogP contribution in [0.25, 0.3) is 6.08 Å². The summed E-state index contributed by atoms with van der Waals surface area (Å²) in [4.78, 5) is 25.0. The molecule has 0 saturated heterocycles. The lowest BCUT2D eigenvalue weighted by atomic mass is 9.80. The molecule has 3 unspecified atom stereocenters. The molecule has 0 spiro atoms. The van der Waals surface area contributed by atoms with E-state index >= 15 is 0 Å². The molecule has 0 amide bonds. The Balaban J connectivity index is 1.33. The van der Waals surface area contributed by atoms with Gasteiger partial charge >= 0.3 is 5.97 Å². The molecule has 1 aliphatic carbocycles. The fourth-order valence-electron chi connectivity index (χ4n) is 3.84. The van der Waals surface area contributed by atoms with E-state index in [1.54, 1.807) is 37.5 Å². The molecule has 0 N–H and O–H groups in total. The lowest BCUT2D eigenvalue weighted by Crippen LogP contribution is -2.42. The second-order valence-electron chi connectivity index (χ2n) is 7.52. The number of ketones is 1. The highest BCUT2D eigenvalue weighted by Crippen LogP contribution is 2.35. The number of carbonyl (C=O) groups excluding carboxylic acids is 2. The molecule has 2 aromatic carbocycles. The largest absolute Gasteiger partial charge is 0.497 e. The molecule has 1 saturated carbocycles. The molecule has 6 nitrogen and oxygen atoms in total. The minimum Gasteiger partial charge on any atom is -0.497 e. The summed E-state index contributed by atoms with van der Waals surface area (Å²) in [6, 6.07) is 16.6. The van der Waals surface area contributed by atoms with Gasteiger partial charge in [0.1, 0.15) is 30.0 Å². The monoisotopic (exact) mass is 420 g/mol. The number of fused-ring (bicyclic) bond motifs is 1. The lowest BCUT2D eigenvalue weighted by molar-refractivity contribution is -0.149. The first kappa shape index (κ1) is 20.7. The van der Waals surface area contributed by atoms with E-state index in [9.17, 15) is 9.59 Å². The van der Waals surface area contributed by atoms with Crippen LogP contribution in [0.3, 0.4) is 0 Å². The van der Waals surface area contributed by atoms with Gasteiger partial charge in [0.15, 0.2) is 0 Å². The van der Waals surface area contributed by atoms with Crippen molar-refractivity contribution in [2.75, 3.05) is 7.11 Å². The summed E-state index contributed by atoms with van der Waals surface area (Å²) in [5, 5.41) is 0. The maximum Gasteiger partial charge on any atom is 0.331 e. The standard InChI is InChI=1S/C25H24O6/c1-28-18-8-5-9-19(14-18)30-23-16-29-22-15-20(11-12-21(22)25(23)27)31-24(26)13-10-17-6-3-2-4-7-17/h2-10,13-14,16,20-22H,11-12,15H2,1H3/b13-10+. The summed E-state index contributed by atoms with van der Waals surface area (Å²) in [7, 11) is 1.57. The van der Waals surface area contributed by atoms with Crippen LogP contribution in [0.5, 0.6) is 11.5 Å². The summed E-state index contributed by atoms with van der Waals surface area (Å²) < 4.78 is 22.3. The average Bonchev–Trinajstić information content (AvgIpc) is 2.80. The second kappa shape index (κ2) is 9.51. The summed E-state index contributed by atoms with van der Waals surface area (Å²) >= 11 is 0. The topological polar surface area (TPSA) is 71.1 Å². The zero-order chi connectivity index (χ0) is 21.6. The second-order valence-corrected chi connectivity index (χ2v) is 7.52. The van der Waals surface area contributed by atoms with Gasteiger partial charge in [-0.3, -0.25) is 4.79 Å². The number of ether oxygens (including phenoxy) is 4. The normalized spacial score (nSPS) is 22.8. The first-order valence-electron chi connectivity index (χ1n) is 10.3. The molecule has 0 radical (unpaired) electrons. The Hall–Kier alpha value is -3.54. The third-order valence-electron chi connectivity index (χ3n) is 5.44. The number of carbonyl (C=O) groups is 2. The van der Waals surface area contributed by atoms with Gasteiger partial charge in [-0.25, -0.2) is 4.79 Å². The molecular weight excluding hydrogens is 396 g/mol. The highest BCUT2D eigenvalue weighted by Gasteiger charge is 2.42. The van der Waals surface area contributed by atoms with Crippen molar-refractivity contribution >= 4 is 17.8 Å². The zero-order valence-electron chi connectivity index (χ0n) is 17.2. The van der Waals surface area contributed by atoms with Crippen LogP contribution in [0.1, 0.15) is 24.8 Å². The molecule has 1 heterocycles. The van der Waals surface area contributed by atoms with Gasteiger partial charge in [-0.2, -0.15) is 0 Å². The Morgan fingerprint density at radius 2 is 1.87 bits per heavy atom. The Bertz CT molecular complexity index is 994. The molecule has 0 aromatic heterocycles. The number of hydrogen-bond acceptors (Lipinski definition) is 6. The van der Waals surface area contributed by atoms with Crippen molar-refractivity contribution in [1.29, 1.82) is 0 Å². The molecule has 3 atom stereocenters. The number of Topliss-reactive ketones (excluding diaryl/α,β-unsaturated/α-hetero) is 1. The Morgan fingerprint density at radius 1 is 1.06 bits per heavy atom. The molecule has 31 heavy (non-hydrogen) atoms. The van der Waals surface area contributed by atoms with Crippen molar-refractivity contribution in [1.82, 2.24) is 0 Å². The molecule has 2 aromatic rings. The number of benzene rings is 2. The Morgan fingerprint density at radius 3 is 2.68 bits per heavy atom.